The summed E-state index contributed by atoms with van der Waals surface area (Å²) in [5, 5.41) is 12.8. The summed E-state index contributed by atoms with van der Waals surface area (Å²) in [5.41, 5.74) is -0.0429. The Morgan fingerprint density at radius 2 is 2.24 bits per heavy atom. The van der Waals surface area contributed by atoms with Gasteiger partial charge in [-0.2, -0.15) is 0 Å². The van der Waals surface area contributed by atoms with Gasteiger partial charge in [0.25, 0.3) is 0 Å². The van der Waals surface area contributed by atoms with E-state index in [0.717, 1.165) is 24.8 Å². The zero-order chi connectivity index (χ0) is 12.3. The maximum Gasteiger partial charge on any atom is 0.0613 e. The third kappa shape index (κ3) is 2.83. The zero-order valence-electron chi connectivity index (χ0n) is 11.4. The van der Waals surface area contributed by atoms with Crippen LogP contribution in [-0.4, -0.2) is 48.3 Å². The molecule has 1 saturated heterocycles. The number of hydrogen-bond acceptors (Lipinski definition) is 3. The van der Waals surface area contributed by atoms with Crippen molar-refractivity contribution in [1.29, 1.82) is 0 Å². The van der Waals surface area contributed by atoms with E-state index in [1.54, 1.807) is 0 Å². The summed E-state index contributed by atoms with van der Waals surface area (Å²) >= 11 is 0. The smallest absolute Gasteiger partial charge is 0.0613 e. The monoisotopic (exact) mass is 240 g/mol. The van der Waals surface area contributed by atoms with Crippen LogP contribution in [0.25, 0.3) is 0 Å². The molecule has 3 nitrogen and oxygen atoms in total. The number of piperidine rings is 1. The van der Waals surface area contributed by atoms with E-state index < -0.39 is 0 Å². The molecule has 2 N–H and O–H groups in total. The lowest BCUT2D eigenvalue weighted by Gasteiger charge is -2.32. The van der Waals surface area contributed by atoms with Gasteiger partial charge < -0.3 is 15.3 Å². The van der Waals surface area contributed by atoms with Crippen LogP contribution in [0.2, 0.25) is 0 Å². The quantitative estimate of drug-likeness (QED) is 0.710. The second kappa shape index (κ2) is 5.68. The van der Waals surface area contributed by atoms with Gasteiger partial charge in [-0.1, -0.05) is 6.92 Å². The van der Waals surface area contributed by atoms with Gasteiger partial charge in [0.2, 0.25) is 0 Å². The Hall–Kier alpha value is -0.120. The number of rotatable bonds is 7. The van der Waals surface area contributed by atoms with Crippen LogP contribution in [0, 0.1) is 5.92 Å². The Kier molecular flexibility index (Phi) is 4.45. The first-order valence-electron chi connectivity index (χ1n) is 7.27. The fourth-order valence-corrected chi connectivity index (χ4v) is 3.67. The third-order valence-electron chi connectivity index (χ3n) is 5.13. The summed E-state index contributed by atoms with van der Waals surface area (Å²) in [6.07, 6.45) is 7.64. The molecule has 100 valence electrons. The van der Waals surface area contributed by atoms with E-state index in [1.807, 2.05) is 7.05 Å². The molecular weight excluding hydrogens is 212 g/mol. The van der Waals surface area contributed by atoms with Crippen molar-refractivity contribution < 1.29 is 5.11 Å². The molecule has 0 amide bonds. The van der Waals surface area contributed by atoms with Crippen molar-refractivity contribution in [2.45, 2.75) is 57.0 Å². The second-order valence-electron chi connectivity index (χ2n) is 5.97. The molecule has 3 heteroatoms. The van der Waals surface area contributed by atoms with Gasteiger partial charge in [0, 0.05) is 18.1 Å². The average Bonchev–Trinajstić information content (AvgIpc) is 2.97. The van der Waals surface area contributed by atoms with E-state index >= 15 is 0 Å². The summed E-state index contributed by atoms with van der Waals surface area (Å²) in [6, 6.07) is 0.889. The number of aliphatic hydroxyl groups is 1. The number of likely N-dealkylation sites (tertiary alicyclic amines) is 1. The van der Waals surface area contributed by atoms with E-state index in [2.05, 4.69) is 17.1 Å². The molecule has 17 heavy (non-hydrogen) atoms. The molecule has 1 aliphatic carbocycles. The predicted octanol–water partition coefficient (Wildman–Crippen LogP) is 1.61. The Labute approximate surface area is 106 Å². The van der Waals surface area contributed by atoms with Crippen LogP contribution in [0.4, 0.5) is 0 Å². The number of aliphatic hydroxyl groups excluding tert-OH is 1. The number of nitrogens with one attached hydrogen (secondary N) is 1. The van der Waals surface area contributed by atoms with Gasteiger partial charge in [0.1, 0.15) is 0 Å². The molecular formula is C14H28N2O. The molecule has 0 spiro atoms. The fraction of sp³-hybridized carbons (Fsp3) is 1.00. The molecule has 0 aromatic rings. The molecule has 2 aliphatic rings. The summed E-state index contributed by atoms with van der Waals surface area (Å²) in [4.78, 5) is 2.68. The van der Waals surface area contributed by atoms with Gasteiger partial charge in [0.05, 0.1) is 6.61 Å². The maximum atomic E-state index is 9.50. The minimum Gasteiger partial charge on any atom is -0.394 e. The molecule has 0 radical (unpaired) electrons. The Balaban J connectivity index is 1.72. The molecule has 0 aromatic carbocycles. The molecule has 2 rings (SSSR count). The minimum atomic E-state index is -0.0429. The lowest BCUT2D eigenvalue weighted by atomic mass is 9.91. The Bertz CT molecular complexity index is 232. The lowest BCUT2D eigenvalue weighted by Crippen LogP contribution is -2.46. The number of hydrogen-bond donors (Lipinski definition) is 2. The number of nitrogens with zero attached hydrogens (tertiary/aromatic N) is 1. The van der Waals surface area contributed by atoms with Crippen LogP contribution >= 0.6 is 0 Å². The van der Waals surface area contributed by atoms with Crippen molar-refractivity contribution in [2.75, 3.05) is 26.7 Å². The van der Waals surface area contributed by atoms with Crippen molar-refractivity contribution in [3.05, 3.63) is 0 Å². The summed E-state index contributed by atoms with van der Waals surface area (Å²) in [7, 11) is 1.97. The molecule has 1 aliphatic heterocycles. The van der Waals surface area contributed by atoms with Crippen molar-refractivity contribution >= 4 is 0 Å². The normalized spacial score (nSPS) is 31.9. The van der Waals surface area contributed by atoms with E-state index in [1.165, 1.54) is 38.8 Å². The van der Waals surface area contributed by atoms with Gasteiger partial charge in [-0.05, 0) is 58.0 Å². The average molecular weight is 240 g/mol. The summed E-state index contributed by atoms with van der Waals surface area (Å²) in [5.74, 6) is 0.998. The molecule has 3 unspecified atom stereocenters. The van der Waals surface area contributed by atoms with Crippen LogP contribution in [0.15, 0.2) is 0 Å². The fourth-order valence-electron chi connectivity index (χ4n) is 3.67. The second-order valence-corrected chi connectivity index (χ2v) is 5.97. The zero-order valence-corrected chi connectivity index (χ0v) is 11.4. The largest absolute Gasteiger partial charge is 0.394 e. The first kappa shape index (κ1) is 13.3. The lowest BCUT2D eigenvalue weighted by molar-refractivity contribution is 0.140. The molecule has 2 fully saturated rings. The number of fused-ring (bicyclic) bond motifs is 2. The van der Waals surface area contributed by atoms with Crippen molar-refractivity contribution in [3.63, 3.8) is 0 Å². The van der Waals surface area contributed by atoms with Gasteiger partial charge in [-0.3, -0.25) is 0 Å². The standard InChI is InChI=1S/C14H28N2O/c1-3-14(11-17,15-2)7-4-8-16-10-12-5-6-13(16)9-12/h12-13,15,17H,3-11H2,1-2H3. The molecule has 1 saturated carbocycles. The number of likely N-dealkylation sites (N-methyl/N-ethyl adjacent to an activating group) is 1. The summed E-state index contributed by atoms with van der Waals surface area (Å²) in [6.45, 7) is 4.98. The Morgan fingerprint density at radius 1 is 1.41 bits per heavy atom. The highest BCUT2D eigenvalue weighted by Gasteiger charge is 2.37. The highest BCUT2D eigenvalue weighted by molar-refractivity contribution is 4.92. The molecule has 3 atom stereocenters. The van der Waals surface area contributed by atoms with E-state index in [4.69, 9.17) is 0 Å². The van der Waals surface area contributed by atoms with Gasteiger partial charge in [-0.25, -0.2) is 0 Å². The SMILES string of the molecule is CCC(CO)(CCCN1CC2CCC1C2)NC. The van der Waals surface area contributed by atoms with Crippen molar-refractivity contribution in [1.82, 2.24) is 10.2 Å². The first-order chi connectivity index (χ1) is 8.23. The van der Waals surface area contributed by atoms with Gasteiger partial charge in [0.15, 0.2) is 0 Å². The van der Waals surface area contributed by atoms with Crippen molar-refractivity contribution in [3.8, 4) is 0 Å². The van der Waals surface area contributed by atoms with E-state index in [9.17, 15) is 5.11 Å². The highest BCUT2D eigenvalue weighted by atomic mass is 16.3. The third-order valence-corrected chi connectivity index (χ3v) is 5.13. The molecule has 0 aromatic heterocycles. The Morgan fingerprint density at radius 3 is 2.71 bits per heavy atom. The summed E-state index contributed by atoms with van der Waals surface area (Å²) < 4.78 is 0. The van der Waals surface area contributed by atoms with Crippen LogP contribution in [-0.2, 0) is 0 Å². The first-order valence-corrected chi connectivity index (χ1v) is 7.27. The molecule has 1 heterocycles. The predicted molar refractivity (Wildman–Crippen MR) is 71.1 cm³/mol. The highest BCUT2D eigenvalue weighted by Crippen LogP contribution is 2.37. The topological polar surface area (TPSA) is 35.5 Å². The molecule has 2 bridgehead atoms. The van der Waals surface area contributed by atoms with E-state index in [-0.39, 0.29) is 12.1 Å². The van der Waals surface area contributed by atoms with Crippen molar-refractivity contribution in [2.24, 2.45) is 5.92 Å². The van der Waals surface area contributed by atoms with Crippen LogP contribution in [0.3, 0.4) is 0 Å². The van der Waals surface area contributed by atoms with E-state index in [0.29, 0.717) is 0 Å². The maximum absolute atomic E-state index is 9.50. The van der Waals surface area contributed by atoms with Crippen LogP contribution in [0.5, 0.6) is 0 Å². The van der Waals surface area contributed by atoms with Crippen LogP contribution in [0.1, 0.15) is 45.4 Å². The van der Waals surface area contributed by atoms with Gasteiger partial charge >= 0.3 is 0 Å². The van der Waals surface area contributed by atoms with Crippen LogP contribution < -0.4 is 5.32 Å². The minimum absolute atomic E-state index is 0.0429. The van der Waals surface area contributed by atoms with Gasteiger partial charge in [-0.15, -0.1) is 0 Å².